The number of ether oxygens (including phenoxy) is 2. The fourth-order valence-electron chi connectivity index (χ4n) is 1.15. The third kappa shape index (κ3) is 3.25. The monoisotopic (exact) mass is 209 g/mol. The maximum Gasteiger partial charge on any atom is 0.338 e. The molecule has 0 bridgehead atoms. The van der Waals surface area contributed by atoms with E-state index in [9.17, 15) is 4.79 Å². The molecule has 4 heteroatoms. The van der Waals surface area contributed by atoms with Gasteiger partial charge < -0.3 is 15.2 Å². The first-order valence-electron chi connectivity index (χ1n) is 4.67. The maximum absolute atomic E-state index is 11.6. The molecule has 2 N–H and O–H groups in total. The Hall–Kier alpha value is -1.55. The van der Waals surface area contributed by atoms with Gasteiger partial charge in [-0.2, -0.15) is 0 Å². The molecule has 0 unspecified atom stereocenters. The summed E-state index contributed by atoms with van der Waals surface area (Å²) in [4.78, 5) is 11.6. The lowest BCUT2D eigenvalue weighted by Gasteiger charge is -2.07. The molecule has 0 spiro atoms. The fourth-order valence-corrected chi connectivity index (χ4v) is 1.15. The molecular formula is C11H15NO3. The Kier molecular flexibility index (Phi) is 4.12. The highest BCUT2D eigenvalue weighted by Crippen LogP contribution is 2.13. The predicted octanol–water partition coefficient (Wildman–Crippen LogP) is 1.38. The molecule has 0 aromatic heterocycles. The van der Waals surface area contributed by atoms with Gasteiger partial charge in [-0.15, -0.1) is 0 Å². The summed E-state index contributed by atoms with van der Waals surface area (Å²) in [6.45, 7) is 2.49. The number of nitrogens with two attached hydrogens (primary N) is 1. The van der Waals surface area contributed by atoms with Crippen LogP contribution in [0.25, 0.3) is 0 Å². The van der Waals surface area contributed by atoms with Gasteiger partial charge in [-0.3, -0.25) is 0 Å². The Morgan fingerprint density at radius 3 is 2.80 bits per heavy atom. The number of anilines is 1. The molecule has 0 radical (unpaired) electrons. The summed E-state index contributed by atoms with van der Waals surface area (Å²) in [6, 6.07) is 5.16. The second-order valence-electron chi connectivity index (χ2n) is 3.20. The Balaban J connectivity index is 2.68. The minimum absolute atomic E-state index is 0.254. The van der Waals surface area contributed by atoms with Gasteiger partial charge in [0.05, 0.1) is 12.2 Å². The van der Waals surface area contributed by atoms with E-state index in [4.69, 9.17) is 15.2 Å². The van der Waals surface area contributed by atoms with Crippen LogP contribution in [0.1, 0.15) is 15.9 Å². The van der Waals surface area contributed by atoms with Crippen molar-refractivity contribution in [2.45, 2.75) is 6.92 Å². The second kappa shape index (κ2) is 5.36. The molecule has 0 atom stereocenters. The largest absolute Gasteiger partial charge is 0.460 e. The molecule has 1 aromatic rings. The molecule has 0 saturated heterocycles. The number of hydrogen-bond acceptors (Lipinski definition) is 4. The van der Waals surface area contributed by atoms with Crippen molar-refractivity contribution in [3.05, 3.63) is 29.3 Å². The van der Waals surface area contributed by atoms with Crippen molar-refractivity contribution in [2.24, 2.45) is 0 Å². The van der Waals surface area contributed by atoms with Crippen LogP contribution in [0.2, 0.25) is 0 Å². The summed E-state index contributed by atoms with van der Waals surface area (Å²) in [7, 11) is 1.56. The third-order valence-corrected chi connectivity index (χ3v) is 2.00. The number of nitrogen functional groups attached to an aromatic ring is 1. The van der Waals surface area contributed by atoms with Crippen LogP contribution in [0, 0.1) is 6.92 Å². The lowest BCUT2D eigenvalue weighted by molar-refractivity contribution is 0.0387. The third-order valence-electron chi connectivity index (χ3n) is 2.00. The number of carbonyl (C=O) groups is 1. The SMILES string of the molecule is COCCOC(=O)c1cc(N)ccc1C. The molecule has 0 aliphatic rings. The van der Waals surface area contributed by atoms with Crippen molar-refractivity contribution < 1.29 is 14.3 Å². The molecule has 0 aliphatic heterocycles. The lowest BCUT2D eigenvalue weighted by Crippen LogP contribution is -2.11. The van der Waals surface area contributed by atoms with Gasteiger partial charge in [-0.1, -0.05) is 6.07 Å². The van der Waals surface area contributed by atoms with E-state index in [1.807, 2.05) is 6.92 Å². The van der Waals surface area contributed by atoms with E-state index in [0.29, 0.717) is 17.9 Å². The van der Waals surface area contributed by atoms with Crippen molar-refractivity contribution in [1.82, 2.24) is 0 Å². The Bertz CT molecular complexity index is 350. The van der Waals surface area contributed by atoms with E-state index < -0.39 is 0 Å². The zero-order valence-corrected chi connectivity index (χ0v) is 8.95. The Morgan fingerprint density at radius 2 is 2.13 bits per heavy atom. The van der Waals surface area contributed by atoms with Crippen molar-refractivity contribution >= 4 is 11.7 Å². The first-order valence-corrected chi connectivity index (χ1v) is 4.67. The number of benzene rings is 1. The van der Waals surface area contributed by atoms with Gasteiger partial charge in [-0.05, 0) is 24.6 Å². The highest BCUT2D eigenvalue weighted by molar-refractivity contribution is 5.92. The molecular weight excluding hydrogens is 194 g/mol. The first-order chi connectivity index (χ1) is 7.15. The number of hydrogen-bond donors (Lipinski definition) is 1. The minimum Gasteiger partial charge on any atom is -0.460 e. The normalized spacial score (nSPS) is 10.0. The molecule has 0 heterocycles. The summed E-state index contributed by atoms with van der Waals surface area (Å²) >= 11 is 0. The van der Waals surface area contributed by atoms with Crippen LogP contribution in [0.15, 0.2) is 18.2 Å². The van der Waals surface area contributed by atoms with Crippen LogP contribution < -0.4 is 5.73 Å². The van der Waals surface area contributed by atoms with Crippen LogP contribution in [-0.2, 0) is 9.47 Å². The highest BCUT2D eigenvalue weighted by Gasteiger charge is 2.10. The minimum atomic E-state index is -0.364. The zero-order valence-electron chi connectivity index (χ0n) is 8.95. The summed E-state index contributed by atoms with van der Waals surface area (Å²) in [5.41, 5.74) is 7.50. The molecule has 82 valence electrons. The van der Waals surface area contributed by atoms with E-state index >= 15 is 0 Å². The number of esters is 1. The van der Waals surface area contributed by atoms with Crippen LogP contribution in [0.4, 0.5) is 5.69 Å². The molecule has 0 saturated carbocycles. The second-order valence-corrected chi connectivity index (χ2v) is 3.20. The fraction of sp³-hybridized carbons (Fsp3) is 0.364. The van der Waals surface area contributed by atoms with E-state index in [1.165, 1.54) is 0 Å². The van der Waals surface area contributed by atoms with Crippen LogP contribution in [0.5, 0.6) is 0 Å². The molecule has 0 fully saturated rings. The molecule has 0 aliphatic carbocycles. The zero-order chi connectivity index (χ0) is 11.3. The van der Waals surface area contributed by atoms with Crippen molar-refractivity contribution in [1.29, 1.82) is 0 Å². The summed E-state index contributed by atoms with van der Waals surface area (Å²) in [5.74, 6) is -0.364. The molecule has 1 aromatic carbocycles. The smallest absolute Gasteiger partial charge is 0.338 e. The lowest BCUT2D eigenvalue weighted by atomic mass is 10.1. The average molecular weight is 209 g/mol. The topological polar surface area (TPSA) is 61.5 Å². The van der Waals surface area contributed by atoms with Crippen molar-refractivity contribution in [3.63, 3.8) is 0 Å². The van der Waals surface area contributed by atoms with Crippen LogP contribution in [-0.4, -0.2) is 26.3 Å². The van der Waals surface area contributed by atoms with E-state index in [-0.39, 0.29) is 12.6 Å². The first kappa shape index (κ1) is 11.5. The highest BCUT2D eigenvalue weighted by atomic mass is 16.6. The van der Waals surface area contributed by atoms with Gasteiger partial charge in [0.25, 0.3) is 0 Å². The van der Waals surface area contributed by atoms with Gasteiger partial charge in [0, 0.05) is 12.8 Å². The number of carbonyl (C=O) groups excluding carboxylic acids is 1. The summed E-state index contributed by atoms with van der Waals surface area (Å²) in [6.07, 6.45) is 0. The van der Waals surface area contributed by atoms with Crippen molar-refractivity contribution in [2.75, 3.05) is 26.1 Å². The summed E-state index contributed by atoms with van der Waals surface area (Å²) in [5, 5.41) is 0. The molecule has 1 rings (SSSR count). The molecule has 0 amide bonds. The quantitative estimate of drug-likeness (QED) is 0.462. The van der Waals surface area contributed by atoms with Gasteiger partial charge in [0.1, 0.15) is 6.61 Å². The van der Waals surface area contributed by atoms with E-state index in [0.717, 1.165) is 5.56 Å². The van der Waals surface area contributed by atoms with E-state index in [2.05, 4.69) is 0 Å². The number of methoxy groups -OCH3 is 1. The summed E-state index contributed by atoms with van der Waals surface area (Å²) < 4.78 is 9.76. The van der Waals surface area contributed by atoms with E-state index in [1.54, 1.807) is 25.3 Å². The standard InChI is InChI=1S/C11H15NO3/c1-8-3-4-9(12)7-10(8)11(13)15-6-5-14-2/h3-4,7H,5-6,12H2,1-2H3. The predicted molar refractivity (Wildman–Crippen MR) is 57.7 cm³/mol. The van der Waals surface area contributed by atoms with Gasteiger partial charge in [0.2, 0.25) is 0 Å². The van der Waals surface area contributed by atoms with Crippen molar-refractivity contribution in [3.8, 4) is 0 Å². The van der Waals surface area contributed by atoms with Crippen LogP contribution >= 0.6 is 0 Å². The number of rotatable bonds is 4. The van der Waals surface area contributed by atoms with Crippen LogP contribution in [0.3, 0.4) is 0 Å². The van der Waals surface area contributed by atoms with Gasteiger partial charge in [0.15, 0.2) is 0 Å². The average Bonchev–Trinajstić information content (AvgIpc) is 2.22. The number of aryl methyl sites for hydroxylation is 1. The Morgan fingerprint density at radius 1 is 1.40 bits per heavy atom. The van der Waals surface area contributed by atoms with Gasteiger partial charge in [-0.25, -0.2) is 4.79 Å². The molecule has 4 nitrogen and oxygen atoms in total. The van der Waals surface area contributed by atoms with Gasteiger partial charge >= 0.3 is 5.97 Å². The maximum atomic E-state index is 11.6. The molecule has 15 heavy (non-hydrogen) atoms. The Labute approximate surface area is 89.0 Å².